The van der Waals surface area contributed by atoms with E-state index in [1.165, 1.54) is 5.56 Å². The van der Waals surface area contributed by atoms with E-state index in [2.05, 4.69) is 58.7 Å². The van der Waals surface area contributed by atoms with E-state index >= 15 is 0 Å². The van der Waals surface area contributed by atoms with E-state index in [9.17, 15) is 9.59 Å². The van der Waals surface area contributed by atoms with Gasteiger partial charge in [0, 0.05) is 41.6 Å². The average molecular weight is 553 g/mol. The van der Waals surface area contributed by atoms with Crippen molar-refractivity contribution in [2.45, 2.75) is 59.0 Å². The van der Waals surface area contributed by atoms with Crippen LogP contribution in [-0.2, 0) is 17.9 Å². The average Bonchev–Trinajstić information content (AvgIpc) is 3.33. The van der Waals surface area contributed by atoms with Crippen molar-refractivity contribution in [1.82, 2.24) is 14.4 Å². The van der Waals surface area contributed by atoms with Crippen LogP contribution in [0.1, 0.15) is 67.6 Å². The van der Waals surface area contributed by atoms with E-state index in [-0.39, 0.29) is 18.4 Å². The van der Waals surface area contributed by atoms with Crippen molar-refractivity contribution >= 4 is 27.7 Å². The molecule has 2 aromatic carbocycles. The van der Waals surface area contributed by atoms with Gasteiger partial charge in [0.25, 0.3) is 5.91 Å². The standard InChI is InChI=1S/C30H38BrN3O2/c1-3-5-10-20-34(30(36)26-12-8-7-9-13-26)24-29(35)33(19-6-4-2)23-28-14-11-21-32(28)22-25-15-17-27(31)18-16-25/h7-9,11-18,21H,3-6,10,19-20,22-24H2,1-2H3. The van der Waals surface area contributed by atoms with Crippen LogP contribution < -0.4 is 0 Å². The molecule has 1 aromatic heterocycles. The highest BCUT2D eigenvalue weighted by atomic mass is 79.9. The van der Waals surface area contributed by atoms with Crippen molar-refractivity contribution in [1.29, 1.82) is 0 Å². The lowest BCUT2D eigenvalue weighted by Crippen LogP contribution is -2.43. The summed E-state index contributed by atoms with van der Waals surface area (Å²) in [6, 6.07) is 21.7. The van der Waals surface area contributed by atoms with Crippen LogP contribution in [0, 0.1) is 0 Å². The van der Waals surface area contributed by atoms with Crippen molar-refractivity contribution in [3.63, 3.8) is 0 Å². The van der Waals surface area contributed by atoms with Crippen molar-refractivity contribution in [3.05, 3.63) is 94.2 Å². The molecule has 0 aliphatic heterocycles. The number of amides is 2. The molecule has 3 rings (SSSR count). The molecule has 2 amide bonds. The molecular weight excluding hydrogens is 514 g/mol. The number of unbranched alkanes of at least 4 members (excludes halogenated alkanes) is 3. The smallest absolute Gasteiger partial charge is 0.254 e. The quantitative estimate of drug-likeness (QED) is 0.208. The summed E-state index contributed by atoms with van der Waals surface area (Å²) in [5.74, 6) is -0.0743. The monoisotopic (exact) mass is 551 g/mol. The van der Waals surface area contributed by atoms with Gasteiger partial charge in [-0.3, -0.25) is 9.59 Å². The molecule has 0 saturated carbocycles. The molecule has 0 bridgehead atoms. The van der Waals surface area contributed by atoms with Gasteiger partial charge in [0.05, 0.1) is 6.54 Å². The maximum Gasteiger partial charge on any atom is 0.254 e. The Morgan fingerprint density at radius 1 is 0.806 bits per heavy atom. The lowest BCUT2D eigenvalue weighted by Gasteiger charge is -2.28. The van der Waals surface area contributed by atoms with E-state index < -0.39 is 0 Å². The van der Waals surface area contributed by atoms with Gasteiger partial charge in [0.15, 0.2) is 0 Å². The van der Waals surface area contributed by atoms with E-state index in [4.69, 9.17) is 0 Å². The highest BCUT2D eigenvalue weighted by Crippen LogP contribution is 2.15. The molecule has 36 heavy (non-hydrogen) atoms. The van der Waals surface area contributed by atoms with Gasteiger partial charge >= 0.3 is 0 Å². The Hall–Kier alpha value is -2.86. The van der Waals surface area contributed by atoms with Crippen LogP contribution in [-0.4, -0.2) is 45.8 Å². The van der Waals surface area contributed by atoms with Crippen molar-refractivity contribution in [3.8, 4) is 0 Å². The second-order valence-corrected chi connectivity index (χ2v) is 10.1. The molecule has 192 valence electrons. The van der Waals surface area contributed by atoms with E-state index in [1.54, 1.807) is 4.90 Å². The van der Waals surface area contributed by atoms with Gasteiger partial charge in [-0.15, -0.1) is 0 Å². The Morgan fingerprint density at radius 2 is 1.50 bits per heavy atom. The number of carbonyl (C=O) groups is 2. The predicted molar refractivity (Wildman–Crippen MR) is 150 cm³/mol. The third kappa shape index (κ3) is 8.37. The Kier molecular flexibility index (Phi) is 11.3. The SMILES string of the molecule is CCCCCN(CC(=O)N(CCCC)Cc1cccn1Cc1ccc(Br)cc1)C(=O)c1ccccc1. The first-order chi connectivity index (χ1) is 17.5. The molecule has 0 aliphatic carbocycles. The number of rotatable bonds is 14. The summed E-state index contributed by atoms with van der Waals surface area (Å²) in [5, 5.41) is 0. The highest BCUT2D eigenvalue weighted by Gasteiger charge is 2.22. The lowest BCUT2D eigenvalue weighted by atomic mass is 10.1. The number of carbonyl (C=O) groups excluding carboxylic acids is 2. The lowest BCUT2D eigenvalue weighted by molar-refractivity contribution is -0.132. The molecule has 0 fully saturated rings. The van der Waals surface area contributed by atoms with Gasteiger partial charge in [-0.05, 0) is 54.8 Å². The molecular formula is C30H38BrN3O2. The molecule has 5 nitrogen and oxygen atoms in total. The van der Waals surface area contributed by atoms with Crippen LogP contribution in [0.15, 0.2) is 77.4 Å². The van der Waals surface area contributed by atoms with Gasteiger partial charge in [-0.1, -0.05) is 79.4 Å². The minimum atomic E-state index is -0.0749. The van der Waals surface area contributed by atoms with E-state index in [0.717, 1.165) is 48.8 Å². The van der Waals surface area contributed by atoms with E-state index in [0.29, 0.717) is 25.2 Å². The molecule has 6 heteroatoms. The number of hydrogen-bond donors (Lipinski definition) is 0. The number of aromatic nitrogens is 1. The Bertz CT molecular complexity index is 1080. The van der Waals surface area contributed by atoms with Gasteiger partial charge in [-0.2, -0.15) is 0 Å². The maximum atomic E-state index is 13.6. The van der Waals surface area contributed by atoms with Crippen LogP contribution in [0.2, 0.25) is 0 Å². The van der Waals surface area contributed by atoms with Crippen LogP contribution >= 0.6 is 15.9 Å². The first kappa shape index (κ1) is 27.7. The van der Waals surface area contributed by atoms with Gasteiger partial charge in [0.1, 0.15) is 6.54 Å². The molecule has 0 spiro atoms. The molecule has 0 radical (unpaired) electrons. The predicted octanol–water partition coefficient (Wildman–Crippen LogP) is 6.76. The van der Waals surface area contributed by atoms with Gasteiger partial charge < -0.3 is 14.4 Å². The van der Waals surface area contributed by atoms with Crippen LogP contribution in [0.25, 0.3) is 0 Å². The molecule has 0 atom stereocenters. The highest BCUT2D eigenvalue weighted by molar-refractivity contribution is 9.10. The molecule has 0 aliphatic rings. The fourth-order valence-corrected chi connectivity index (χ4v) is 4.47. The third-order valence-corrected chi connectivity index (χ3v) is 6.87. The molecule has 3 aromatic rings. The summed E-state index contributed by atoms with van der Waals surface area (Å²) in [5.41, 5.74) is 2.93. The van der Waals surface area contributed by atoms with Crippen molar-refractivity contribution < 1.29 is 9.59 Å². The zero-order valence-electron chi connectivity index (χ0n) is 21.5. The fraction of sp³-hybridized carbons (Fsp3) is 0.400. The summed E-state index contributed by atoms with van der Waals surface area (Å²) < 4.78 is 3.26. The number of hydrogen-bond acceptors (Lipinski definition) is 2. The topological polar surface area (TPSA) is 45.6 Å². The van der Waals surface area contributed by atoms with Crippen molar-refractivity contribution in [2.24, 2.45) is 0 Å². The zero-order chi connectivity index (χ0) is 25.8. The summed E-state index contributed by atoms with van der Waals surface area (Å²) in [6.07, 6.45) is 7.01. The zero-order valence-corrected chi connectivity index (χ0v) is 23.1. The minimum absolute atomic E-state index is 0.000575. The first-order valence-corrected chi connectivity index (χ1v) is 13.8. The van der Waals surface area contributed by atoms with Gasteiger partial charge in [0.2, 0.25) is 5.91 Å². The third-order valence-electron chi connectivity index (χ3n) is 6.34. The summed E-state index contributed by atoms with van der Waals surface area (Å²) >= 11 is 3.50. The summed E-state index contributed by atoms with van der Waals surface area (Å²) in [7, 11) is 0. The molecule has 0 unspecified atom stereocenters. The van der Waals surface area contributed by atoms with Crippen LogP contribution in [0.3, 0.4) is 0 Å². The number of benzene rings is 2. The Labute approximate surface area is 224 Å². The normalized spacial score (nSPS) is 10.9. The van der Waals surface area contributed by atoms with E-state index in [1.807, 2.05) is 53.4 Å². The minimum Gasteiger partial charge on any atom is -0.345 e. The van der Waals surface area contributed by atoms with Gasteiger partial charge in [-0.25, -0.2) is 0 Å². The largest absolute Gasteiger partial charge is 0.345 e. The second kappa shape index (κ2) is 14.6. The summed E-state index contributed by atoms with van der Waals surface area (Å²) in [4.78, 5) is 30.5. The van der Waals surface area contributed by atoms with Crippen LogP contribution in [0.4, 0.5) is 0 Å². The van der Waals surface area contributed by atoms with Crippen molar-refractivity contribution in [2.75, 3.05) is 19.6 Å². The maximum absolute atomic E-state index is 13.6. The molecule has 0 saturated heterocycles. The summed E-state index contributed by atoms with van der Waals surface area (Å²) in [6.45, 7) is 6.94. The molecule has 0 N–H and O–H groups in total. The fourth-order valence-electron chi connectivity index (χ4n) is 4.20. The van der Waals surface area contributed by atoms with Crippen LogP contribution in [0.5, 0.6) is 0 Å². The number of halogens is 1. The Morgan fingerprint density at radius 3 is 2.19 bits per heavy atom. The Balaban J connectivity index is 1.74. The second-order valence-electron chi connectivity index (χ2n) is 9.22. The molecule has 1 heterocycles. The first-order valence-electron chi connectivity index (χ1n) is 13.0. The number of nitrogens with zero attached hydrogens (tertiary/aromatic N) is 3.